The number of pyridine rings is 1. The van der Waals surface area contributed by atoms with Crippen molar-refractivity contribution in [2.45, 2.75) is 9.79 Å². The van der Waals surface area contributed by atoms with Crippen molar-refractivity contribution in [2.24, 2.45) is 0 Å². The fourth-order valence-corrected chi connectivity index (χ4v) is 4.71. The van der Waals surface area contributed by atoms with Crippen molar-refractivity contribution in [3.05, 3.63) is 97.3 Å². The van der Waals surface area contributed by atoms with E-state index in [0.717, 1.165) is 54.4 Å². The summed E-state index contributed by atoms with van der Waals surface area (Å²) in [4.78, 5) is 6.54. The summed E-state index contributed by atoms with van der Waals surface area (Å²) in [6, 6.07) is 28.6. The predicted molar refractivity (Wildman–Crippen MR) is 133 cm³/mol. The summed E-state index contributed by atoms with van der Waals surface area (Å²) in [5.41, 5.74) is 3.68. The molecule has 0 amide bonds. The number of nitrogens with one attached hydrogen (secondary N) is 2. The highest BCUT2D eigenvalue weighted by Gasteiger charge is 2.11. The lowest BCUT2D eigenvalue weighted by Gasteiger charge is -2.11. The Morgan fingerprint density at radius 2 is 1.52 bits per heavy atom. The summed E-state index contributed by atoms with van der Waals surface area (Å²) in [5.74, 6) is 0.736. The van der Waals surface area contributed by atoms with Gasteiger partial charge in [-0.05, 0) is 30.3 Å². The van der Waals surface area contributed by atoms with E-state index in [2.05, 4.69) is 79.2 Å². The molecule has 0 atom stereocenters. The zero-order valence-corrected chi connectivity index (χ0v) is 18.3. The van der Waals surface area contributed by atoms with E-state index in [-0.39, 0.29) is 0 Å². The number of hydrogen-bond acceptors (Lipinski definition) is 6. The number of anilines is 2. The van der Waals surface area contributed by atoms with Crippen LogP contribution in [0.1, 0.15) is 0 Å². The number of fused-ring (bicyclic) bond motifs is 2. The highest BCUT2D eigenvalue weighted by molar-refractivity contribution is 7.99. The molecule has 6 aromatic rings. The van der Waals surface area contributed by atoms with Crippen LogP contribution in [0.15, 0.2) is 107 Å². The van der Waals surface area contributed by atoms with Gasteiger partial charge in [0.05, 0.1) is 11.6 Å². The summed E-state index contributed by atoms with van der Waals surface area (Å²) in [7, 11) is 0. The molecule has 0 radical (unpaired) electrons. The van der Waals surface area contributed by atoms with Crippen molar-refractivity contribution in [3.8, 4) is 11.3 Å². The van der Waals surface area contributed by atoms with Crippen LogP contribution in [0.4, 0.5) is 11.5 Å². The number of rotatable bonds is 5. The van der Waals surface area contributed by atoms with Crippen LogP contribution in [0, 0.1) is 0 Å². The molecule has 0 bridgehead atoms. The Kier molecular flexibility index (Phi) is 4.93. The maximum absolute atomic E-state index is 4.54. The number of aromatic nitrogens is 5. The van der Waals surface area contributed by atoms with Crippen molar-refractivity contribution >= 4 is 45.1 Å². The van der Waals surface area contributed by atoms with Crippen LogP contribution < -0.4 is 5.32 Å². The second-order valence-electron chi connectivity index (χ2n) is 7.50. The smallest absolute Gasteiger partial charge is 0.161 e. The Hall–Kier alpha value is -4.23. The summed E-state index contributed by atoms with van der Waals surface area (Å²) in [5, 5.41) is 22.6. The molecule has 6 nitrogen and oxygen atoms in total. The van der Waals surface area contributed by atoms with E-state index < -0.39 is 0 Å². The highest BCUT2D eigenvalue weighted by Crippen LogP contribution is 2.34. The summed E-state index contributed by atoms with van der Waals surface area (Å²) in [6.07, 6.45) is 3.60. The van der Waals surface area contributed by atoms with Gasteiger partial charge in [0.25, 0.3) is 0 Å². The van der Waals surface area contributed by atoms with Crippen LogP contribution in [-0.2, 0) is 0 Å². The van der Waals surface area contributed by atoms with Crippen molar-refractivity contribution in [1.29, 1.82) is 0 Å². The Balaban J connectivity index is 1.28. The van der Waals surface area contributed by atoms with Crippen LogP contribution in [-0.4, -0.2) is 25.4 Å². The second kappa shape index (κ2) is 8.37. The van der Waals surface area contributed by atoms with Crippen molar-refractivity contribution < 1.29 is 0 Å². The van der Waals surface area contributed by atoms with Crippen LogP contribution in [0.5, 0.6) is 0 Å². The minimum atomic E-state index is 0.736. The molecule has 0 aliphatic heterocycles. The molecule has 0 saturated heterocycles. The molecule has 7 heteroatoms. The standard InChI is InChI=1S/C26H18N6S/c1-2-6-17(7-3-1)24-20-8-4-5-9-21(20)26(32-30-24)29-18-10-12-19(13-11-18)33-23-14-15-27-25-22(23)16-28-31-25/h1-16H,(H,29,32)(H,27,28,31). The molecular weight excluding hydrogens is 428 g/mol. The van der Waals surface area contributed by atoms with Crippen LogP contribution in [0.2, 0.25) is 0 Å². The van der Waals surface area contributed by atoms with E-state index >= 15 is 0 Å². The molecule has 158 valence electrons. The van der Waals surface area contributed by atoms with Gasteiger partial charge in [0.1, 0.15) is 5.69 Å². The topological polar surface area (TPSA) is 79.4 Å². The van der Waals surface area contributed by atoms with Gasteiger partial charge < -0.3 is 5.32 Å². The number of nitrogens with zero attached hydrogens (tertiary/aromatic N) is 4. The van der Waals surface area contributed by atoms with Crippen molar-refractivity contribution in [1.82, 2.24) is 25.4 Å². The Bertz CT molecular complexity index is 1560. The number of hydrogen-bond donors (Lipinski definition) is 2. The lowest BCUT2D eigenvalue weighted by Crippen LogP contribution is -1.99. The molecule has 6 rings (SSSR count). The maximum atomic E-state index is 4.54. The van der Waals surface area contributed by atoms with Gasteiger partial charge in [-0.3, -0.25) is 5.10 Å². The van der Waals surface area contributed by atoms with Gasteiger partial charge in [-0.1, -0.05) is 66.4 Å². The van der Waals surface area contributed by atoms with Gasteiger partial charge in [-0.15, -0.1) is 10.2 Å². The summed E-state index contributed by atoms with van der Waals surface area (Å²) >= 11 is 1.68. The third-order valence-electron chi connectivity index (χ3n) is 5.39. The molecule has 0 saturated carbocycles. The van der Waals surface area contributed by atoms with E-state index in [0.29, 0.717) is 0 Å². The zero-order chi connectivity index (χ0) is 22.0. The quantitative estimate of drug-likeness (QED) is 0.316. The number of benzene rings is 3. The van der Waals surface area contributed by atoms with Gasteiger partial charge in [0.15, 0.2) is 11.5 Å². The molecule has 3 aromatic heterocycles. The van der Waals surface area contributed by atoms with E-state index in [4.69, 9.17) is 0 Å². The van der Waals surface area contributed by atoms with Gasteiger partial charge in [-0.2, -0.15) is 5.10 Å². The first kappa shape index (κ1) is 19.5. The summed E-state index contributed by atoms with van der Waals surface area (Å²) in [6.45, 7) is 0. The predicted octanol–water partition coefficient (Wildman–Crippen LogP) is 6.46. The average molecular weight is 447 g/mol. The fraction of sp³-hybridized carbons (Fsp3) is 0. The highest BCUT2D eigenvalue weighted by atomic mass is 32.2. The lowest BCUT2D eigenvalue weighted by atomic mass is 10.0. The summed E-state index contributed by atoms with van der Waals surface area (Å²) < 4.78 is 0. The van der Waals surface area contributed by atoms with Gasteiger partial charge >= 0.3 is 0 Å². The maximum Gasteiger partial charge on any atom is 0.161 e. The first-order valence-corrected chi connectivity index (χ1v) is 11.3. The van der Waals surface area contributed by atoms with Crippen molar-refractivity contribution in [2.75, 3.05) is 5.32 Å². The van der Waals surface area contributed by atoms with Crippen LogP contribution >= 0.6 is 11.8 Å². The van der Waals surface area contributed by atoms with Crippen LogP contribution in [0.3, 0.4) is 0 Å². The molecule has 33 heavy (non-hydrogen) atoms. The van der Waals surface area contributed by atoms with E-state index in [1.165, 1.54) is 0 Å². The lowest BCUT2D eigenvalue weighted by molar-refractivity contribution is 1.06. The third kappa shape index (κ3) is 3.79. The molecule has 0 aliphatic carbocycles. The zero-order valence-electron chi connectivity index (χ0n) is 17.4. The molecule has 0 aliphatic rings. The molecule has 0 fully saturated rings. The van der Waals surface area contributed by atoms with E-state index in [9.17, 15) is 0 Å². The molecule has 2 N–H and O–H groups in total. The number of aromatic amines is 1. The van der Waals surface area contributed by atoms with Gasteiger partial charge in [0, 0.05) is 38.0 Å². The Morgan fingerprint density at radius 1 is 0.727 bits per heavy atom. The second-order valence-corrected chi connectivity index (χ2v) is 8.62. The average Bonchev–Trinajstić information content (AvgIpc) is 3.36. The third-order valence-corrected chi connectivity index (χ3v) is 6.48. The minimum Gasteiger partial charge on any atom is -0.338 e. The van der Waals surface area contributed by atoms with Crippen LogP contribution in [0.25, 0.3) is 33.1 Å². The molecule has 3 aromatic carbocycles. The largest absolute Gasteiger partial charge is 0.338 e. The van der Waals surface area contributed by atoms with Crippen molar-refractivity contribution in [3.63, 3.8) is 0 Å². The van der Waals surface area contributed by atoms with Gasteiger partial charge in [-0.25, -0.2) is 4.98 Å². The SMILES string of the molecule is c1ccc(-c2nnc(Nc3ccc(Sc4ccnc5[nH]ncc45)cc3)c3ccccc23)cc1. The number of H-pyrrole nitrogens is 1. The molecule has 3 heterocycles. The Morgan fingerprint density at radius 3 is 2.36 bits per heavy atom. The molecule has 0 spiro atoms. The van der Waals surface area contributed by atoms with Gasteiger partial charge in [0.2, 0.25) is 0 Å². The Labute approximate surface area is 194 Å². The molecular formula is C26H18N6S. The van der Waals surface area contributed by atoms with E-state index in [1.54, 1.807) is 18.0 Å². The minimum absolute atomic E-state index is 0.736. The normalized spacial score (nSPS) is 11.2. The first-order chi connectivity index (χ1) is 16.3. The fourth-order valence-electron chi connectivity index (χ4n) is 3.79. The molecule has 0 unspecified atom stereocenters. The van der Waals surface area contributed by atoms with E-state index in [1.807, 2.05) is 42.6 Å². The monoisotopic (exact) mass is 446 g/mol. The first-order valence-electron chi connectivity index (χ1n) is 10.5.